The lowest BCUT2D eigenvalue weighted by atomic mass is 9.66. The number of benzene rings is 1. The van der Waals surface area contributed by atoms with Gasteiger partial charge in [0.05, 0.1) is 38.9 Å². The molecule has 1 aromatic heterocycles. The molecule has 1 heterocycles. The Morgan fingerprint density at radius 1 is 1.09 bits per heavy atom. The summed E-state index contributed by atoms with van der Waals surface area (Å²) in [4.78, 5) is 39.4. The van der Waals surface area contributed by atoms with Crippen LogP contribution in [0.4, 0.5) is 13.2 Å². The highest BCUT2D eigenvalue weighted by atomic mass is 35.5. The lowest BCUT2D eigenvalue weighted by Crippen LogP contribution is -2.46. The van der Waals surface area contributed by atoms with Crippen molar-refractivity contribution < 1.29 is 37.8 Å². The van der Waals surface area contributed by atoms with Crippen LogP contribution in [0.1, 0.15) is 91.7 Å². The average molecular weight is 619 g/mol. The first-order chi connectivity index (χ1) is 20.1. The van der Waals surface area contributed by atoms with E-state index in [0.717, 1.165) is 15.8 Å². The Bertz CT molecular complexity index is 1550. The van der Waals surface area contributed by atoms with E-state index in [2.05, 4.69) is 0 Å². The van der Waals surface area contributed by atoms with Crippen molar-refractivity contribution in [3.05, 3.63) is 57.4 Å². The van der Waals surface area contributed by atoms with Gasteiger partial charge in [0.15, 0.2) is 0 Å². The van der Waals surface area contributed by atoms with E-state index < -0.39 is 40.9 Å². The molecule has 0 unspecified atom stereocenters. The second kappa shape index (κ2) is 10.3. The Labute approximate surface area is 252 Å². The number of ketones is 1. The molecule has 11 heteroatoms. The molecule has 0 aliphatic heterocycles. The molecule has 230 valence electrons. The Morgan fingerprint density at radius 2 is 1.79 bits per heavy atom. The first kappa shape index (κ1) is 30.1. The molecular formula is C32H34ClF3N2O5. The number of halogens is 4. The summed E-state index contributed by atoms with van der Waals surface area (Å²) in [6, 6.07) is 4.12. The zero-order chi connectivity index (χ0) is 31.1. The highest BCUT2D eigenvalue weighted by Gasteiger charge is 2.65. The maximum absolute atomic E-state index is 14.3. The van der Waals surface area contributed by atoms with Gasteiger partial charge >= 0.3 is 12.1 Å². The van der Waals surface area contributed by atoms with Crippen LogP contribution in [0.3, 0.4) is 0 Å². The number of carboxylic acids is 1. The Hall–Kier alpha value is -2.98. The standard InChI is InChI=1S/C32H34ClF3N2O5/c1-16-12-17(6-8-20(16)29(41)42)26-21-9-7-18(27(39)19-14-30(2,43)15-19)13-24(21)38(37-26)28(40)25-22(4-3-5-23(25)33)31(10-11-31)32(34,35)36/h3-5,12,16,18-20,43H,6-11,13-15H2,1-2H3,(H,41,42)/t16-,18-,19?,20+,30?/m0/s1. The maximum Gasteiger partial charge on any atom is 0.398 e. The molecule has 3 atom stereocenters. The molecule has 1 aromatic carbocycles. The number of nitrogens with zero attached hydrogens (tertiary/aromatic N) is 2. The largest absolute Gasteiger partial charge is 0.481 e. The number of Topliss-reactive ketones (excluding diaryl/α,β-unsaturated/α-hetero) is 1. The van der Waals surface area contributed by atoms with Gasteiger partial charge in [0.25, 0.3) is 5.91 Å². The number of hydrogen-bond donors (Lipinski definition) is 2. The number of fused-ring (bicyclic) bond motifs is 1. The Balaban J connectivity index is 1.43. The van der Waals surface area contributed by atoms with Crippen molar-refractivity contribution in [1.29, 1.82) is 0 Å². The average Bonchev–Trinajstić information content (AvgIpc) is 3.66. The van der Waals surface area contributed by atoms with E-state index >= 15 is 0 Å². The normalized spacial score (nSPS) is 29.7. The third-order valence-electron chi connectivity index (χ3n) is 10.1. The molecule has 0 radical (unpaired) electrons. The van der Waals surface area contributed by atoms with Crippen molar-refractivity contribution in [3.8, 4) is 0 Å². The summed E-state index contributed by atoms with van der Waals surface area (Å²) in [5, 5.41) is 24.4. The topological polar surface area (TPSA) is 109 Å². The number of carboxylic acid groups (broad SMARTS) is 1. The lowest BCUT2D eigenvalue weighted by Gasteiger charge is -2.41. The summed E-state index contributed by atoms with van der Waals surface area (Å²) in [5.41, 5.74) is -0.868. The van der Waals surface area contributed by atoms with Gasteiger partial charge in [-0.05, 0) is 87.8 Å². The number of alkyl halides is 3. The van der Waals surface area contributed by atoms with Crippen molar-refractivity contribution >= 4 is 34.8 Å². The summed E-state index contributed by atoms with van der Waals surface area (Å²) < 4.78 is 43.8. The molecular weight excluding hydrogens is 585 g/mol. The van der Waals surface area contributed by atoms with E-state index in [4.69, 9.17) is 16.7 Å². The van der Waals surface area contributed by atoms with Crippen molar-refractivity contribution in [1.82, 2.24) is 9.78 Å². The molecule has 4 aliphatic carbocycles. The van der Waals surface area contributed by atoms with E-state index in [1.807, 2.05) is 13.0 Å². The van der Waals surface area contributed by atoms with Gasteiger partial charge in [0.2, 0.25) is 0 Å². The molecule has 2 aromatic rings. The predicted molar refractivity (Wildman–Crippen MR) is 152 cm³/mol. The van der Waals surface area contributed by atoms with Gasteiger partial charge in [-0.25, -0.2) is 0 Å². The molecule has 4 aliphatic rings. The molecule has 0 saturated heterocycles. The maximum atomic E-state index is 14.3. The molecule has 0 amide bonds. The fraction of sp³-hybridized carbons (Fsp3) is 0.562. The van der Waals surface area contributed by atoms with Crippen molar-refractivity contribution in [2.75, 3.05) is 0 Å². The summed E-state index contributed by atoms with van der Waals surface area (Å²) >= 11 is 6.46. The van der Waals surface area contributed by atoms with Crippen LogP contribution in [0.15, 0.2) is 24.3 Å². The van der Waals surface area contributed by atoms with Gasteiger partial charge in [-0.3, -0.25) is 14.4 Å². The third kappa shape index (κ3) is 5.04. The second-order valence-corrected chi connectivity index (χ2v) is 13.6. The fourth-order valence-corrected chi connectivity index (χ4v) is 7.79. The van der Waals surface area contributed by atoms with Crippen molar-refractivity contribution in [3.63, 3.8) is 0 Å². The molecule has 2 fully saturated rings. The van der Waals surface area contributed by atoms with Crippen LogP contribution in [0.25, 0.3) is 5.57 Å². The smallest absolute Gasteiger partial charge is 0.398 e. The third-order valence-corrected chi connectivity index (χ3v) is 10.4. The summed E-state index contributed by atoms with van der Waals surface area (Å²) in [5.74, 6) is -3.17. The molecule has 0 bridgehead atoms. The molecule has 2 saturated carbocycles. The highest BCUT2D eigenvalue weighted by Crippen LogP contribution is 2.60. The SMILES string of the molecule is C[C@H]1C=C(c2nn(C(=O)c3c(Cl)cccc3C3(C(F)(F)F)CC3)c3c2CC[C@H](C(=O)C2CC(C)(O)C2)C3)CC[C@H]1C(=O)O. The van der Waals surface area contributed by atoms with E-state index in [1.54, 1.807) is 6.92 Å². The number of carbonyl (C=O) groups excluding carboxylic acids is 2. The first-order valence-electron chi connectivity index (χ1n) is 14.8. The van der Waals surface area contributed by atoms with Gasteiger partial charge in [-0.2, -0.15) is 23.0 Å². The molecule has 0 spiro atoms. The molecule has 7 nitrogen and oxygen atoms in total. The number of aliphatic hydroxyl groups is 1. The summed E-state index contributed by atoms with van der Waals surface area (Å²) in [7, 11) is 0. The lowest BCUT2D eigenvalue weighted by molar-refractivity contribution is -0.160. The van der Waals surface area contributed by atoms with Gasteiger partial charge in [0, 0.05) is 17.4 Å². The predicted octanol–water partition coefficient (Wildman–Crippen LogP) is 6.17. The van der Waals surface area contributed by atoms with E-state index in [1.165, 1.54) is 18.2 Å². The number of rotatable bonds is 6. The zero-order valence-corrected chi connectivity index (χ0v) is 24.8. The van der Waals surface area contributed by atoms with Crippen molar-refractivity contribution in [2.24, 2.45) is 23.7 Å². The Kier molecular flexibility index (Phi) is 7.20. The van der Waals surface area contributed by atoms with Crippen LogP contribution in [-0.2, 0) is 27.8 Å². The van der Waals surface area contributed by atoms with Gasteiger partial charge < -0.3 is 10.2 Å². The van der Waals surface area contributed by atoms with Crippen LogP contribution in [0.2, 0.25) is 5.02 Å². The van der Waals surface area contributed by atoms with Crippen molar-refractivity contribution in [2.45, 2.75) is 88.8 Å². The van der Waals surface area contributed by atoms with Gasteiger partial charge in [-0.1, -0.05) is 36.7 Å². The Morgan fingerprint density at radius 3 is 2.37 bits per heavy atom. The number of aromatic nitrogens is 2. The van der Waals surface area contributed by atoms with Crippen LogP contribution in [-0.4, -0.2) is 49.4 Å². The van der Waals surface area contributed by atoms with Crippen LogP contribution >= 0.6 is 11.6 Å². The monoisotopic (exact) mass is 618 g/mol. The zero-order valence-electron chi connectivity index (χ0n) is 24.0. The van der Waals surface area contributed by atoms with E-state index in [-0.39, 0.29) is 53.0 Å². The van der Waals surface area contributed by atoms with Gasteiger partial charge in [-0.15, -0.1) is 0 Å². The highest BCUT2D eigenvalue weighted by molar-refractivity contribution is 6.34. The second-order valence-electron chi connectivity index (χ2n) is 13.2. The summed E-state index contributed by atoms with van der Waals surface area (Å²) in [6.45, 7) is 3.51. The number of aliphatic carboxylic acids is 1. The minimum atomic E-state index is -4.56. The summed E-state index contributed by atoms with van der Waals surface area (Å²) in [6.07, 6.45) is -0.280. The molecule has 43 heavy (non-hydrogen) atoms. The van der Waals surface area contributed by atoms with Gasteiger partial charge in [0.1, 0.15) is 5.78 Å². The minimum Gasteiger partial charge on any atom is -0.481 e. The number of allylic oxidation sites excluding steroid dienone is 2. The number of carbonyl (C=O) groups is 3. The van der Waals surface area contributed by atoms with Crippen LogP contribution < -0.4 is 0 Å². The fourth-order valence-electron chi connectivity index (χ4n) is 7.53. The quantitative estimate of drug-likeness (QED) is 0.401. The van der Waals surface area contributed by atoms with E-state index in [9.17, 15) is 37.8 Å². The first-order valence-corrected chi connectivity index (χ1v) is 15.2. The molecule has 2 N–H and O–H groups in total. The molecule has 6 rings (SSSR count). The number of hydrogen-bond acceptors (Lipinski definition) is 5. The van der Waals surface area contributed by atoms with E-state index in [0.29, 0.717) is 49.9 Å². The minimum absolute atomic E-state index is 0.0150. The van der Waals surface area contributed by atoms with Crippen LogP contribution in [0, 0.1) is 23.7 Å². The van der Waals surface area contributed by atoms with Crippen LogP contribution in [0.5, 0.6) is 0 Å².